The average Bonchev–Trinajstić information content (AvgIpc) is 2.42. The van der Waals surface area contributed by atoms with E-state index in [1.54, 1.807) is 0 Å². The number of carbonyl (C=O) groups is 1. The predicted molar refractivity (Wildman–Crippen MR) is 67.0 cm³/mol. The number of rotatable bonds is 4. The van der Waals surface area contributed by atoms with Gasteiger partial charge in [-0.1, -0.05) is 6.92 Å². The minimum absolute atomic E-state index is 0.0211. The lowest BCUT2D eigenvalue weighted by Gasteiger charge is -2.08. The van der Waals surface area contributed by atoms with Gasteiger partial charge in [0.25, 0.3) is 0 Å². The van der Waals surface area contributed by atoms with Crippen LogP contribution in [0.4, 0.5) is 8.78 Å². The standard InChI is InChI=1S/C14H11F2NO3/c1-2-9-5-8(14(18)19)6-13(17-9)20-10-3-4-11(15)12(16)7-10/h3-7H,2H2,1H3,(H,18,19). The summed E-state index contributed by atoms with van der Waals surface area (Å²) < 4.78 is 31.1. The molecule has 6 heteroatoms. The maximum absolute atomic E-state index is 13.1. The van der Waals surface area contributed by atoms with Crippen molar-refractivity contribution in [2.45, 2.75) is 13.3 Å². The van der Waals surface area contributed by atoms with Crippen LogP contribution in [0.3, 0.4) is 0 Å². The number of halogens is 2. The SMILES string of the molecule is CCc1cc(C(=O)O)cc(Oc2ccc(F)c(F)c2)n1. The highest BCUT2D eigenvalue weighted by atomic mass is 19.2. The summed E-state index contributed by atoms with van der Waals surface area (Å²) >= 11 is 0. The molecule has 0 atom stereocenters. The predicted octanol–water partition coefficient (Wildman–Crippen LogP) is 3.41. The summed E-state index contributed by atoms with van der Waals surface area (Å²) in [5.74, 6) is -3.09. The molecule has 0 bridgehead atoms. The van der Waals surface area contributed by atoms with Gasteiger partial charge < -0.3 is 9.84 Å². The largest absolute Gasteiger partial charge is 0.478 e. The molecule has 1 aromatic heterocycles. The summed E-state index contributed by atoms with van der Waals surface area (Å²) in [6.45, 7) is 1.81. The molecule has 20 heavy (non-hydrogen) atoms. The van der Waals surface area contributed by atoms with Crippen LogP contribution in [0.2, 0.25) is 0 Å². The number of aryl methyl sites for hydroxylation is 1. The van der Waals surface area contributed by atoms with E-state index in [0.717, 1.165) is 12.1 Å². The van der Waals surface area contributed by atoms with Crippen LogP contribution in [-0.2, 0) is 6.42 Å². The second-order valence-corrected chi connectivity index (χ2v) is 4.02. The smallest absolute Gasteiger partial charge is 0.335 e. The number of carboxylic acid groups (broad SMARTS) is 1. The maximum atomic E-state index is 13.1. The molecular weight excluding hydrogens is 268 g/mol. The van der Waals surface area contributed by atoms with Gasteiger partial charge in [0, 0.05) is 17.8 Å². The van der Waals surface area contributed by atoms with Gasteiger partial charge in [0.1, 0.15) is 5.75 Å². The third-order valence-electron chi connectivity index (χ3n) is 2.58. The quantitative estimate of drug-likeness (QED) is 0.931. The molecule has 0 aliphatic carbocycles. The zero-order valence-corrected chi connectivity index (χ0v) is 10.6. The summed E-state index contributed by atoms with van der Waals surface area (Å²) in [5, 5.41) is 8.98. The first-order valence-electron chi connectivity index (χ1n) is 5.86. The van der Waals surface area contributed by atoms with Crippen molar-refractivity contribution in [3.05, 3.63) is 53.2 Å². The van der Waals surface area contributed by atoms with Crippen molar-refractivity contribution in [3.63, 3.8) is 0 Å². The van der Waals surface area contributed by atoms with Crippen LogP contribution in [0.1, 0.15) is 23.0 Å². The Morgan fingerprint density at radius 2 is 2.00 bits per heavy atom. The lowest BCUT2D eigenvalue weighted by molar-refractivity contribution is 0.0696. The highest BCUT2D eigenvalue weighted by molar-refractivity contribution is 5.88. The molecular formula is C14H11F2NO3. The first-order chi connectivity index (χ1) is 9.49. The molecule has 0 amide bonds. The number of carboxylic acids is 1. The van der Waals surface area contributed by atoms with E-state index >= 15 is 0 Å². The summed E-state index contributed by atoms with van der Waals surface area (Å²) in [4.78, 5) is 15.1. The molecule has 0 aliphatic rings. The number of aromatic carboxylic acids is 1. The third-order valence-corrected chi connectivity index (χ3v) is 2.58. The van der Waals surface area contributed by atoms with Crippen LogP contribution in [0.15, 0.2) is 30.3 Å². The molecule has 4 nitrogen and oxygen atoms in total. The fourth-order valence-electron chi connectivity index (χ4n) is 1.58. The lowest BCUT2D eigenvalue weighted by atomic mass is 10.2. The summed E-state index contributed by atoms with van der Waals surface area (Å²) in [6.07, 6.45) is 0.523. The molecule has 0 aliphatic heterocycles. The fraction of sp³-hybridized carbons (Fsp3) is 0.143. The van der Waals surface area contributed by atoms with E-state index in [4.69, 9.17) is 9.84 Å². The van der Waals surface area contributed by atoms with E-state index in [0.29, 0.717) is 12.1 Å². The van der Waals surface area contributed by atoms with Crippen molar-refractivity contribution in [1.82, 2.24) is 4.98 Å². The number of ether oxygens (including phenoxy) is 1. The summed E-state index contributed by atoms with van der Waals surface area (Å²) in [7, 11) is 0. The number of hydrogen-bond acceptors (Lipinski definition) is 3. The van der Waals surface area contributed by atoms with Crippen LogP contribution in [0.5, 0.6) is 11.6 Å². The molecule has 1 aromatic carbocycles. The first kappa shape index (κ1) is 13.9. The van der Waals surface area contributed by atoms with Crippen LogP contribution in [0.25, 0.3) is 0 Å². The molecule has 0 radical (unpaired) electrons. The molecule has 1 N–H and O–H groups in total. The van der Waals surface area contributed by atoms with Crippen LogP contribution < -0.4 is 4.74 Å². The highest BCUT2D eigenvalue weighted by Crippen LogP contribution is 2.23. The average molecular weight is 279 g/mol. The zero-order chi connectivity index (χ0) is 14.7. The Kier molecular flexibility index (Phi) is 3.93. The van der Waals surface area contributed by atoms with Gasteiger partial charge in [-0.25, -0.2) is 18.6 Å². The van der Waals surface area contributed by atoms with E-state index in [1.165, 1.54) is 18.2 Å². The van der Waals surface area contributed by atoms with Gasteiger partial charge in [-0.2, -0.15) is 0 Å². The lowest BCUT2D eigenvalue weighted by Crippen LogP contribution is -2.01. The molecule has 0 fully saturated rings. The van der Waals surface area contributed by atoms with E-state index in [1.807, 2.05) is 6.92 Å². The molecule has 0 saturated carbocycles. The second kappa shape index (κ2) is 5.64. The summed E-state index contributed by atoms with van der Waals surface area (Å²) in [5.41, 5.74) is 0.553. The van der Waals surface area contributed by atoms with E-state index in [-0.39, 0.29) is 17.2 Å². The van der Waals surface area contributed by atoms with Gasteiger partial charge in [0.05, 0.1) is 5.56 Å². The number of nitrogens with zero attached hydrogens (tertiary/aromatic N) is 1. The Balaban J connectivity index is 2.34. The molecule has 104 valence electrons. The number of aromatic nitrogens is 1. The minimum Gasteiger partial charge on any atom is -0.478 e. The van der Waals surface area contributed by atoms with E-state index in [9.17, 15) is 13.6 Å². The van der Waals surface area contributed by atoms with Crippen molar-refractivity contribution in [2.75, 3.05) is 0 Å². The van der Waals surface area contributed by atoms with Gasteiger partial charge >= 0.3 is 5.97 Å². The van der Waals surface area contributed by atoms with Crippen LogP contribution >= 0.6 is 0 Å². The number of pyridine rings is 1. The maximum Gasteiger partial charge on any atom is 0.335 e. The zero-order valence-electron chi connectivity index (χ0n) is 10.6. The normalized spacial score (nSPS) is 10.3. The Morgan fingerprint density at radius 1 is 1.25 bits per heavy atom. The van der Waals surface area contributed by atoms with Crippen molar-refractivity contribution >= 4 is 5.97 Å². The molecule has 0 saturated heterocycles. The van der Waals surface area contributed by atoms with Crippen molar-refractivity contribution in [1.29, 1.82) is 0 Å². The van der Waals surface area contributed by atoms with Crippen molar-refractivity contribution < 1.29 is 23.4 Å². The van der Waals surface area contributed by atoms with Gasteiger partial charge in [0.2, 0.25) is 5.88 Å². The number of benzene rings is 1. The Hall–Kier alpha value is -2.50. The molecule has 2 rings (SSSR count). The van der Waals surface area contributed by atoms with E-state index in [2.05, 4.69) is 4.98 Å². The molecule has 2 aromatic rings. The highest BCUT2D eigenvalue weighted by Gasteiger charge is 2.10. The Morgan fingerprint density at radius 3 is 2.60 bits per heavy atom. The van der Waals surface area contributed by atoms with Gasteiger partial charge in [-0.3, -0.25) is 0 Å². The monoisotopic (exact) mass is 279 g/mol. The molecule has 0 unspecified atom stereocenters. The topological polar surface area (TPSA) is 59.4 Å². The first-order valence-corrected chi connectivity index (χ1v) is 5.86. The van der Waals surface area contributed by atoms with Crippen LogP contribution in [0, 0.1) is 11.6 Å². The van der Waals surface area contributed by atoms with Gasteiger partial charge in [-0.05, 0) is 24.6 Å². The third kappa shape index (κ3) is 3.09. The van der Waals surface area contributed by atoms with Crippen LogP contribution in [-0.4, -0.2) is 16.1 Å². The minimum atomic E-state index is -1.11. The van der Waals surface area contributed by atoms with Crippen molar-refractivity contribution in [2.24, 2.45) is 0 Å². The summed E-state index contributed by atoms with van der Waals surface area (Å²) in [6, 6.07) is 5.69. The van der Waals surface area contributed by atoms with Gasteiger partial charge in [0.15, 0.2) is 11.6 Å². The fourth-order valence-corrected chi connectivity index (χ4v) is 1.58. The van der Waals surface area contributed by atoms with Gasteiger partial charge in [-0.15, -0.1) is 0 Å². The van der Waals surface area contributed by atoms with Crippen molar-refractivity contribution in [3.8, 4) is 11.6 Å². The molecule has 0 spiro atoms. The van der Waals surface area contributed by atoms with E-state index < -0.39 is 17.6 Å². The Bertz CT molecular complexity index is 659. The molecule has 1 heterocycles. The number of hydrogen-bond donors (Lipinski definition) is 1. The second-order valence-electron chi connectivity index (χ2n) is 4.02. The Labute approximate surface area is 113 Å².